The molecular weight excluding hydrogens is 332 g/mol. The molecule has 1 N–H and O–H groups in total. The van der Waals surface area contributed by atoms with Gasteiger partial charge >= 0.3 is 0 Å². The molecule has 1 amide bonds. The second kappa shape index (κ2) is 6.87. The quantitative estimate of drug-likeness (QED) is 0.898. The lowest BCUT2D eigenvalue weighted by molar-refractivity contribution is -0.132. The van der Waals surface area contributed by atoms with Gasteiger partial charge in [0.15, 0.2) is 0 Å². The normalized spacial score (nSPS) is 12.2. The standard InChI is InChI=1S/C15H19BrN4O/c1-17-14(12-8-18-20(3)10-12)15(21)19(2)9-11-6-4-5-7-13(11)16/h4-8,10,14,17H,9H2,1-3H3. The van der Waals surface area contributed by atoms with Crippen molar-refractivity contribution in [2.75, 3.05) is 14.1 Å². The third-order valence-electron chi connectivity index (χ3n) is 3.34. The molecule has 1 aromatic carbocycles. The molecule has 2 rings (SSSR count). The Kier molecular flexibility index (Phi) is 5.14. The topological polar surface area (TPSA) is 50.2 Å². The number of benzene rings is 1. The fourth-order valence-corrected chi connectivity index (χ4v) is 2.61. The summed E-state index contributed by atoms with van der Waals surface area (Å²) in [5, 5.41) is 7.18. The Labute approximate surface area is 133 Å². The molecule has 1 atom stereocenters. The van der Waals surface area contributed by atoms with E-state index in [2.05, 4.69) is 26.3 Å². The van der Waals surface area contributed by atoms with Gasteiger partial charge in [0.1, 0.15) is 6.04 Å². The number of amides is 1. The minimum atomic E-state index is -0.383. The van der Waals surface area contributed by atoms with Crippen LogP contribution in [0, 0.1) is 0 Å². The number of nitrogens with zero attached hydrogens (tertiary/aromatic N) is 3. The lowest BCUT2D eigenvalue weighted by Crippen LogP contribution is -2.37. The van der Waals surface area contributed by atoms with Crippen LogP contribution in [0.15, 0.2) is 41.1 Å². The van der Waals surface area contributed by atoms with Crippen molar-refractivity contribution >= 4 is 21.8 Å². The lowest BCUT2D eigenvalue weighted by Gasteiger charge is -2.23. The van der Waals surface area contributed by atoms with E-state index in [4.69, 9.17) is 0 Å². The van der Waals surface area contributed by atoms with E-state index >= 15 is 0 Å². The number of rotatable bonds is 5. The highest BCUT2D eigenvalue weighted by atomic mass is 79.9. The monoisotopic (exact) mass is 350 g/mol. The van der Waals surface area contributed by atoms with Gasteiger partial charge in [-0.2, -0.15) is 5.10 Å². The highest BCUT2D eigenvalue weighted by Crippen LogP contribution is 2.20. The van der Waals surface area contributed by atoms with Gasteiger partial charge < -0.3 is 10.2 Å². The van der Waals surface area contributed by atoms with Crippen LogP contribution in [0.2, 0.25) is 0 Å². The average molecular weight is 351 g/mol. The highest BCUT2D eigenvalue weighted by Gasteiger charge is 2.23. The molecule has 0 aliphatic rings. The van der Waals surface area contributed by atoms with Gasteiger partial charge in [0.25, 0.3) is 0 Å². The van der Waals surface area contributed by atoms with Crippen LogP contribution in [0.25, 0.3) is 0 Å². The number of aromatic nitrogens is 2. The average Bonchev–Trinajstić information content (AvgIpc) is 2.88. The van der Waals surface area contributed by atoms with Crippen LogP contribution >= 0.6 is 15.9 Å². The molecule has 0 radical (unpaired) electrons. The van der Waals surface area contributed by atoms with Gasteiger partial charge in [0.05, 0.1) is 6.20 Å². The predicted molar refractivity (Wildman–Crippen MR) is 85.6 cm³/mol. The van der Waals surface area contributed by atoms with Crippen molar-refractivity contribution in [3.05, 3.63) is 52.3 Å². The van der Waals surface area contributed by atoms with Crippen molar-refractivity contribution < 1.29 is 4.79 Å². The molecule has 0 fully saturated rings. The number of likely N-dealkylation sites (N-methyl/N-ethyl adjacent to an activating group) is 2. The van der Waals surface area contributed by atoms with E-state index in [0.29, 0.717) is 6.54 Å². The second-order valence-corrected chi connectivity index (χ2v) is 5.81. The fourth-order valence-electron chi connectivity index (χ4n) is 2.20. The van der Waals surface area contributed by atoms with Crippen molar-refractivity contribution in [1.82, 2.24) is 20.0 Å². The first-order chi connectivity index (χ1) is 10.0. The zero-order valence-electron chi connectivity index (χ0n) is 12.4. The summed E-state index contributed by atoms with van der Waals surface area (Å²) in [5.74, 6) is 0.0150. The molecule has 1 aromatic heterocycles. The van der Waals surface area contributed by atoms with Gasteiger partial charge in [0, 0.05) is 36.9 Å². The third-order valence-corrected chi connectivity index (χ3v) is 4.11. The Balaban J connectivity index is 2.12. The molecule has 5 nitrogen and oxygen atoms in total. The third kappa shape index (κ3) is 3.71. The van der Waals surface area contributed by atoms with Gasteiger partial charge in [-0.05, 0) is 18.7 Å². The number of aryl methyl sites for hydroxylation is 1. The van der Waals surface area contributed by atoms with Crippen LogP contribution in [0.5, 0.6) is 0 Å². The number of nitrogens with one attached hydrogen (secondary N) is 1. The van der Waals surface area contributed by atoms with E-state index in [1.54, 1.807) is 22.8 Å². The van der Waals surface area contributed by atoms with Gasteiger partial charge in [-0.15, -0.1) is 0 Å². The van der Waals surface area contributed by atoms with Crippen molar-refractivity contribution in [2.24, 2.45) is 7.05 Å². The van der Waals surface area contributed by atoms with Gasteiger partial charge in [-0.25, -0.2) is 0 Å². The number of hydrogen-bond acceptors (Lipinski definition) is 3. The first-order valence-corrected chi connectivity index (χ1v) is 7.46. The fraction of sp³-hybridized carbons (Fsp3) is 0.333. The molecule has 0 saturated heterocycles. The molecule has 21 heavy (non-hydrogen) atoms. The molecule has 0 bridgehead atoms. The highest BCUT2D eigenvalue weighted by molar-refractivity contribution is 9.10. The molecule has 112 valence electrons. The summed E-state index contributed by atoms with van der Waals surface area (Å²) in [5.41, 5.74) is 1.94. The maximum atomic E-state index is 12.6. The Morgan fingerprint density at radius 2 is 2.19 bits per heavy atom. The molecule has 2 aromatic rings. The molecule has 0 saturated carbocycles. The second-order valence-electron chi connectivity index (χ2n) is 4.95. The number of carbonyl (C=O) groups excluding carboxylic acids is 1. The van der Waals surface area contributed by atoms with E-state index in [-0.39, 0.29) is 11.9 Å². The maximum Gasteiger partial charge on any atom is 0.244 e. The van der Waals surface area contributed by atoms with Crippen molar-refractivity contribution in [3.8, 4) is 0 Å². The molecule has 1 heterocycles. The summed E-state index contributed by atoms with van der Waals surface area (Å²) in [6, 6.07) is 7.53. The van der Waals surface area contributed by atoms with Crippen molar-refractivity contribution in [1.29, 1.82) is 0 Å². The summed E-state index contributed by atoms with van der Waals surface area (Å²) in [7, 11) is 5.43. The van der Waals surface area contributed by atoms with Crippen LogP contribution in [0.3, 0.4) is 0 Å². The van der Waals surface area contributed by atoms with Crippen LogP contribution in [0.1, 0.15) is 17.2 Å². The first kappa shape index (κ1) is 15.7. The summed E-state index contributed by atoms with van der Waals surface area (Å²) < 4.78 is 2.70. The summed E-state index contributed by atoms with van der Waals surface area (Å²) in [6.07, 6.45) is 3.57. The maximum absolute atomic E-state index is 12.6. The van der Waals surface area contributed by atoms with Crippen LogP contribution in [-0.2, 0) is 18.4 Å². The van der Waals surface area contributed by atoms with E-state index < -0.39 is 0 Å². The molecule has 0 aliphatic heterocycles. The van der Waals surface area contributed by atoms with E-state index in [1.807, 2.05) is 44.6 Å². The minimum Gasteiger partial charge on any atom is -0.340 e. The number of hydrogen-bond donors (Lipinski definition) is 1. The smallest absolute Gasteiger partial charge is 0.244 e. The van der Waals surface area contributed by atoms with E-state index in [1.165, 1.54) is 0 Å². The van der Waals surface area contributed by atoms with Crippen molar-refractivity contribution in [2.45, 2.75) is 12.6 Å². The Bertz CT molecular complexity index is 626. The summed E-state index contributed by atoms with van der Waals surface area (Å²) in [4.78, 5) is 14.3. The summed E-state index contributed by atoms with van der Waals surface area (Å²) >= 11 is 3.51. The van der Waals surface area contributed by atoms with E-state index in [9.17, 15) is 4.79 Å². The molecule has 0 spiro atoms. The van der Waals surface area contributed by atoms with Crippen LogP contribution in [0.4, 0.5) is 0 Å². The predicted octanol–water partition coefficient (Wildman–Crippen LogP) is 2.10. The largest absolute Gasteiger partial charge is 0.340 e. The van der Waals surface area contributed by atoms with Gasteiger partial charge in [-0.3, -0.25) is 9.48 Å². The van der Waals surface area contributed by atoms with Crippen LogP contribution in [-0.4, -0.2) is 34.7 Å². The van der Waals surface area contributed by atoms with Crippen molar-refractivity contribution in [3.63, 3.8) is 0 Å². The van der Waals surface area contributed by atoms with Crippen LogP contribution < -0.4 is 5.32 Å². The minimum absolute atomic E-state index is 0.0150. The molecular formula is C15H19BrN4O. The van der Waals surface area contributed by atoms with Gasteiger partial charge in [0.2, 0.25) is 5.91 Å². The molecule has 0 aliphatic carbocycles. The SMILES string of the molecule is CNC(C(=O)N(C)Cc1ccccc1Br)c1cnn(C)c1. The Morgan fingerprint density at radius 3 is 2.76 bits per heavy atom. The Hall–Kier alpha value is -1.66. The number of carbonyl (C=O) groups is 1. The van der Waals surface area contributed by atoms with E-state index in [0.717, 1.165) is 15.6 Å². The first-order valence-electron chi connectivity index (χ1n) is 6.67. The zero-order chi connectivity index (χ0) is 15.4. The summed E-state index contributed by atoms with van der Waals surface area (Å²) in [6.45, 7) is 0.554. The number of halogens is 1. The van der Waals surface area contributed by atoms with Gasteiger partial charge in [-0.1, -0.05) is 34.1 Å². The lowest BCUT2D eigenvalue weighted by atomic mass is 10.1. The molecule has 6 heteroatoms. The molecule has 1 unspecified atom stereocenters. The zero-order valence-corrected chi connectivity index (χ0v) is 14.0. The Morgan fingerprint density at radius 1 is 1.48 bits per heavy atom.